The molecule has 7 heteroatoms. The zero-order valence-electron chi connectivity index (χ0n) is 12.2. The maximum atomic E-state index is 11.9. The number of hydrogen-bond donors (Lipinski definition) is 1. The van der Waals surface area contributed by atoms with Crippen molar-refractivity contribution in [3.63, 3.8) is 0 Å². The van der Waals surface area contributed by atoms with Crippen LogP contribution in [0.15, 0.2) is 58.2 Å². The van der Waals surface area contributed by atoms with Crippen LogP contribution in [-0.2, 0) is 9.63 Å². The van der Waals surface area contributed by atoms with E-state index in [4.69, 9.17) is 26.9 Å². The van der Waals surface area contributed by atoms with E-state index in [0.29, 0.717) is 16.3 Å². The lowest BCUT2D eigenvalue weighted by molar-refractivity contribution is -0.151. The number of oxime groups is 1. The van der Waals surface area contributed by atoms with Crippen LogP contribution in [0.3, 0.4) is 0 Å². The molecule has 0 amide bonds. The van der Waals surface area contributed by atoms with Crippen molar-refractivity contribution in [3.05, 3.63) is 63.6 Å². The van der Waals surface area contributed by atoms with Gasteiger partial charge in [0.2, 0.25) is 0 Å². The Labute approximate surface area is 147 Å². The maximum Gasteiger partial charge on any atom is 0.374 e. The van der Waals surface area contributed by atoms with Crippen molar-refractivity contribution in [1.82, 2.24) is 0 Å². The first-order chi connectivity index (χ1) is 11.0. The molecule has 2 rings (SSSR count). The van der Waals surface area contributed by atoms with Crippen LogP contribution in [0.25, 0.3) is 0 Å². The molecule has 2 aromatic rings. The Balaban J connectivity index is 1.95. The molecule has 0 saturated carbocycles. The second kappa shape index (κ2) is 7.99. The molecular formula is C16H14BrClN2O3. The van der Waals surface area contributed by atoms with Crippen LogP contribution < -0.4 is 10.5 Å². The number of nitrogens with zero attached hydrogens (tertiary/aromatic N) is 1. The topological polar surface area (TPSA) is 73.9 Å². The molecule has 0 aliphatic heterocycles. The van der Waals surface area contributed by atoms with Crippen molar-refractivity contribution in [3.8, 4) is 5.75 Å². The predicted octanol–water partition coefficient (Wildman–Crippen LogP) is 3.73. The van der Waals surface area contributed by atoms with E-state index in [0.717, 1.165) is 4.47 Å². The second-order valence-electron chi connectivity index (χ2n) is 4.61. The first kappa shape index (κ1) is 17.3. The lowest BCUT2D eigenvalue weighted by Crippen LogP contribution is -2.26. The number of amidine groups is 1. The van der Waals surface area contributed by atoms with Gasteiger partial charge in [-0.1, -0.05) is 50.9 Å². The fourth-order valence-electron chi connectivity index (χ4n) is 1.63. The van der Waals surface area contributed by atoms with Crippen LogP contribution in [0, 0.1) is 0 Å². The third kappa shape index (κ3) is 5.26. The minimum absolute atomic E-state index is 0.0980. The summed E-state index contributed by atoms with van der Waals surface area (Å²) in [5.41, 5.74) is 6.41. The highest BCUT2D eigenvalue weighted by molar-refractivity contribution is 9.10. The number of hydrogen-bond acceptors (Lipinski definition) is 4. The van der Waals surface area contributed by atoms with E-state index >= 15 is 0 Å². The third-order valence-corrected chi connectivity index (χ3v) is 3.58. The molecule has 0 bridgehead atoms. The van der Waals surface area contributed by atoms with Gasteiger partial charge in [0.25, 0.3) is 0 Å². The average molecular weight is 398 g/mol. The smallest absolute Gasteiger partial charge is 0.374 e. The van der Waals surface area contributed by atoms with Crippen molar-refractivity contribution < 1.29 is 14.4 Å². The quantitative estimate of drug-likeness (QED) is 0.361. The molecule has 2 N–H and O–H groups in total. The molecule has 0 aliphatic carbocycles. The van der Waals surface area contributed by atoms with Gasteiger partial charge in [0.1, 0.15) is 5.75 Å². The minimum Gasteiger partial charge on any atom is -0.479 e. The first-order valence-corrected chi connectivity index (χ1v) is 7.85. The summed E-state index contributed by atoms with van der Waals surface area (Å²) in [4.78, 5) is 16.7. The number of rotatable bonds is 5. The lowest BCUT2D eigenvalue weighted by Gasteiger charge is -2.12. The summed E-state index contributed by atoms with van der Waals surface area (Å²) in [5.74, 6) is -0.0994. The molecule has 2 aromatic carbocycles. The fraction of sp³-hybridized carbons (Fsp3) is 0.125. The Hall–Kier alpha value is -2.05. The Morgan fingerprint density at radius 3 is 2.61 bits per heavy atom. The van der Waals surface area contributed by atoms with Gasteiger partial charge in [0, 0.05) is 15.1 Å². The number of carbonyl (C=O) groups excluding carboxylic acids is 1. The van der Waals surface area contributed by atoms with Gasteiger partial charge in [0.15, 0.2) is 11.9 Å². The molecule has 0 spiro atoms. The van der Waals surface area contributed by atoms with E-state index in [1.165, 1.54) is 0 Å². The zero-order valence-corrected chi connectivity index (χ0v) is 14.5. The number of ether oxygens (including phenoxy) is 1. The summed E-state index contributed by atoms with van der Waals surface area (Å²) >= 11 is 9.17. The normalized spacial score (nSPS) is 12.6. The van der Waals surface area contributed by atoms with Crippen molar-refractivity contribution in [2.45, 2.75) is 13.0 Å². The summed E-state index contributed by atoms with van der Waals surface area (Å²) in [6, 6.07) is 13.8. The van der Waals surface area contributed by atoms with Crippen molar-refractivity contribution in [2.75, 3.05) is 0 Å². The Morgan fingerprint density at radius 1 is 1.26 bits per heavy atom. The summed E-state index contributed by atoms with van der Waals surface area (Å²) in [7, 11) is 0. The van der Waals surface area contributed by atoms with Gasteiger partial charge in [-0.3, -0.25) is 0 Å². The summed E-state index contributed by atoms with van der Waals surface area (Å²) in [5, 5.41) is 4.14. The van der Waals surface area contributed by atoms with E-state index in [-0.39, 0.29) is 5.84 Å². The third-order valence-electron chi connectivity index (χ3n) is 2.81. The van der Waals surface area contributed by atoms with Crippen molar-refractivity contribution in [1.29, 1.82) is 0 Å². The number of benzene rings is 2. The Morgan fingerprint density at radius 2 is 1.96 bits per heavy atom. The molecule has 0 aliphatic rings. The van der Waals surface area contributed by atoms with Gasteiger partial charge in [-0.25, -0.2) is 4.79 Å². The van der Waals surface area contributed by atoms with Crippen molar-refractivity contribution in [2.24, 2.45) is 10.9 Å². The molecule has 0 radical (unpaired) electrons. The molecule has 1 atom stereocenters. The van der Waals surface area contributed by atoms with Gasteiger partial charge < -0.3 is 15.3 Å². The van der Waals surface area contributed by atoms with Crippen LogP contribution in [0.2, 0.25) is 5.02 Å². The molecule has 0 fully saturated rings. The molecule has 0 unspecified atom stereocenters. The number of carbonyl (C=O) groups is 1. The van der Waals surface area contributed by atoms with Crippen LogP contribution in [-0.4, -0.2) is 17.9 Å². The zero-order chi connectivity index (χ0) is 16.8. The van der Waals surface area contributed by atoms with Crippen molar-refractivity contribution >= 4 is 39.3 Å². The van der Waals surface area contributed by atoms with Crippen LogP contribution >= 0.6 is 27.5 Å². The van der Waals surface area contributed by atoms with E-state index in [2.05, 4.69) is 21.1 Å². The minimum atomic E-state index is -0.852. The Bertz CT molecular complexity index is 720. The predicted molar refractivity (Wildman–Crippen MR) is 92.5 cm³/mol. The standard InChI is InChI=1S/C16H14BrClN2O3/c1-10(22-14-4-2-3-13(18)9-14)16(21)23-20-15(19)11-5-7-12(17)8-6-11/h2-10H,1H3,(H2,19,20)/t10-/m1/s1. The highest BCUT2D eigenvalue weighted by Gasteiger charge is 2.17. The van der Waals surface area contributed by atoms with E-state index < -0.39 is 12.1 Å². The van der Waals surface area contributed by atoms with Gasteiger partial charge in [0.05, 0.1) is 0 Å². The molecule has 120 valence electrons. The highest BCUT2D eigenvalue weighted by Crippen LogP contribution is 2.18. The second-order valence-corrected chi connectivity index (χ2v) is 5.96. The SMILES string of the molecule is C[C@@H](Oc1cccc(Cl)c1)C(=O)O/N=C(/N)c1ccc(Br)cc1. The average Bonchev–Trinajstić information content (AvgIpc) is 2.53. The van der Waals surface area contributed by atoms with E-state index in [1.807, 2.05) is 12.1 Å². The van der Waals surface area contributed by atoms with E-state index in [9.17, 15) is 4.79 Å². The molecule has 5 nitrogen and oxygen atoms in total. The summed E-state index contributed by atoms with van der Waals surface area (Å²) < 4.78 is 6.35. The Kier molecular flexibility index (Phi) is 6.01. The maximum absolute atomic E-state index is 11.9. The highest BCUT2D eigenvalue weighted by atomic mass is 79.9. The molecule has 0 saturated heterocycles. The molecule has 0 heterocycles. The largest absolute Gasteiger partial charge is 0.479 e. The fourth-order valence-corrected chi connectivity index (χ4v) is 2.08. The van der Waals surface area contributed by atoms with Crippen LogP contribution in [0.4, 0.5) is 0 Å². The van der Waals surface area contributed by atoms with E-state index in [1.54, 1.807) is 43.3 Å². The monoisotopic (exact) mass is 396 g/mol. The summed E-state index contributed by atoms with van der Waals surface area (Å²) in [6.07, 6.45) is -0.852. The van der Waals surface area contributed by atoms with Gasteiger partial charge in [-0.2, -0.15) is 0 Å². The van der Waals surface area contributed by atoms with Crippen LogP contribution in [0.1, 0.15) is 12.5 Å². The molecule has 23 heavy (non-hydrogen) atoms. The number of halogens is 2. The summed E-state index contributed by atoms with van der Waals surface area (Å²) in [6.45, 7) is 1.55. The first-order valence-electron chi connectivity index (χ1n) is 6.68. The lowest BCUT2D eigenvalue weighted by atomic mass is 10.2. The molecule has 0 aromatic heterocycles. The number of nitrogens with two attached hydrogens (primary N) is 1. The molecular weight excluding hydrogens is 384 g/mol. The van der Waals surface area contributed by atoms with Gasteiger partial charge >= 0.3 is 5.97 Å². The van der Waals surface area contributed by atoms with Crippen LogP contribution in [0.5, 0.6) is 5.75 Å². The van der Waals surface area contributed by atoms with Gasteiger partial charge in [-0.05, 0) is 37.3 Å². The van der Waals surface area contributed by atoms with Gasteiger partial charge in [-0.15, -0.1) is 0 Å².